The Labute approximate surface area is 90.3 Å². The monoisotopic (exact) mass is 232 g/mol. The molecule has 0 amide bonds. The van der Waals surface area contributed by atoms with Crippen LogP contribution < -0.4 is 0 Å². The Hall–Kier alpha value is -1.06. The second-order valence-electron chi connectivity index (χ2n) is 2.78. The van der Waals surface area contributed by atoms with Crippen molar-refractivity contribution in [1.29, 1.82) is 5.26 Å². The van der Waals surface area contributed by atoms with Crippen molar-refractivity contribution in [2.24, 2.45) is 0 Å². The molecular formula is C9H10F2N2OS. The molecule has 1 aromatic rings. The zero-order valence-corrected chi connectivity index (χ0v) is 8.77. The van der Waals surface area contributed by atoms with Gasteiger partial charge in [0.25, 0.3) is 6.43 Å². The normalized spacial score (nSPS) is 10.5. The van der Waals surface area contributed by atoms with Crippen LogP contribution in [0.15, 0.2) is 5.38 Å². The first-order valence-corrected chi connectivity index (χ1v) is 5.26. The van der Waals surface area contributed by atoms with Gasteiger partial charge in [-0.2, -0.15) is 5.26 Å². The SMILES string of the molecule is N#CCc1csc(CCOCC(F)F)n1. The lowest BCUT2D eigenvalue weighted by molar-refractivity contribution is 0.0187. The van der Waals surface area contributed by atoms with E-state index in [2.05, 4.69) is 4.98 Å². The molecule has 15 heavy (non-hydrogen) atoms. The summed E-state index contributed by atoms with van der Waals surface area (Å²) in [6.45, 7) is -0.291. The van der Waals surface area contributed by atoms with E-state index in [9.17, 15) is 8.78 Å². The summed E-state index contributed by atoms with van der Waals surface area (Å²) < 4.78 is 28.1. The molecule has 0 unspecified atom stereocenters. The lowest BCUT2D eigenvalue weighted by atomic mass is 10.4. The van der Waals surface area contributed by atoms with Gasteiger partial charge in [-0.15, -0.1) is 11.3 Å². The predicted molar refractivity (Wildman–Crippen MR) is 52.0 cm³/mol. The summed E-state index contributed by atoms with van der Waals surface area (Å²) in [5, 5.41) is 11.0. The molecule has 0 spiro atoms. The van der Waals surface area contributed by atoms with Gasteiger partial charge in [0.1, 0.15) is 6.61 Å². The largest absolute Gasteiger partial charge is 0.375 e. The van der Waals surface area contributed by atoms with E-state index < -0.39 is 13.0 Å². The first-order chi connectivity index (χ1) is 7.22. The number of halogens is 2. The molecule has 0 aliphatic carbocycles. The molecule has 0 atom stereocenters. The maximum atomic E-state index is 11.7. The predicted octanol–water partition coefficient (Wildman–Crippen LogP) is 2.03. The van der Waals surface area contributed by atoms with Crippen LogP contribution >= 0.6 is 11.3 Å². The maximum Gasteiger partial charge on any atom is 0.261 e. The Morgan fingerprint density at radius 1 is 1.60 bits per heavy atom. The molecule has 0 aliphatic rings. The molecule has 0 aliphatic heterocycles. The molecule has 1 heterocycles. The summed E-state index contributed by atoms with van der Waals surface area (Å²) in [6, 6.07) is 1.99. The highest BCUT2D eigenvalue weighted by molar-refractivity contribution is 7.09. The summed E-state index contributed by atoms with van der Waals surface area (Å²) in [4.78, 5) is 4.15. The van der Waals surface area contributed by atoms with Gasteiger partial charge in [-0.05, 0) is 0 Å². The summed E-state index contributed by atoms with van der Waals surface area (Å²) in [5.74, 6) is 0. The number of aromatic nitrogens is 1. The number of nitrogens with zero attached hydrogens (tertiary/aromatic N) is 2. The second kappa shape index (κ2) is 6.43. The number of hydrogen-bond donors (Lipinski definition) is 0. The Bertz CT molecular complexity index is 335. The average Bonchev–Trinajstić information content (AvgIpc) is 2.61. The van der Waals surface area contributed by atoms with Crippen molar-refractivity contribution in [3.05, 3.63) is 16.1 Å². The molecule has 1 aromatic heterocycles. The minimum atomic E-state index is -2.42. The van der Waals surface area contributed by atoms with Crippen LogP contribution in [0, 0.1) is 11.3 Å². The van der Waals surface area contributed by atoms with Crippen LogP contribution in [0.4, 0.5) is 8.78 Å². The van der Waals surface area contributed by atoms with Crippen LogP contribution in [0.1, 0.15) is 10.7 Å². The zero-order chi connectivity index (χ0) is 11.1. The standard InChI is InChI=1S/C9H10F2N2OS/c10-8(11)5-14-4-2-9-13-7(1-3-12)6-15-9/h6,8H,1-2,4-5H2. The first-order valence-electron chi connectivity index (χ1n) is 4.38. The minimum Gasteiger partial charge on any atom is -0.375 e. The van der Waals surface area contributed by atoms with Crippen molar-refractivity contribution in [2.75, 3.05) is 13.2 Å². The third kappa shape index (κ3) is 4.81. The molecular weight excluding hydrogens is 222 g/mol. The summed E-state index contributed by atoms with van der Waals surface area (Å²) in [5.41, 5.74) is 0.728. The Kier molecular flexibility index (Phi) is 5.15. The van der Waals surface area contributed by atoms with Crippen molar-refractivity contribution in [3.8, 4) is 6.07 Å². The highest BCUT2D eigenvalue weighted by Gasteiger charge is 2.04. The van der Waals surface area contributed by atoms with Crippen molar-refractivity contribution in [3.63, 3.8) is 0 Å². The second-order valence-corrected chi connectivity index (χ2v) is 3.73. The summed E-state index contributed by atoms with van der Waals surface area (Å²) in [7, 11) is 0. The molecule has 0 bridgehead atoms. The van der Waals surface area contributed by atoms with Gasteiger partial charge in [0.15, 0.2) is 0 Å². The highest BCUT2D eigenvalue weighted by atomic mass is 32.1. The molecule has 0 radical (unpaired) electrons. The topological polar surface area (TPSA) is 45.9 Å². The van der Waals surface area contributed by atoms with E-state index in [4.69, 9.17) is 10.00 Å². The van der Waals surface area contributed by atoms with E-state index in [0.29, 0.717) is 6.42 Å². The van der Waals surface area contributed by atoms with Gasteiger partial charge in [0.2, 0.25) is 0 Å². The fraction of sp³-hybridized carbons (Fsp3) is 0.556. The fourth-order valence-electron chi connectivity index (χ4n) is 0.958. The summed E-state index contributed by atoms with van der Waals surface area (Å²) in [6.07, 6.45) is -1.62. The van der Waals surface area contributed by atoms with Gasteiger partial charge in [0.05, 0.1) is 29.8 Å². The van der Waals surface area contributed by atoms with Crippen molar-refractivity contribution in [2.45, 2.75) is 19.3 Å². The molecule has 3 nitrogen and oxygen atoms in total. The Morgan fingerprint density at radius 3 is 3.07 bits per heavy atom. The minimum absolute atomic E-state index is 0.240. The quantitative estimate of drug-likeness (QED) is 0.705. The van der Waals surface area contributed by atoms with Gasteiger partial charge in [-0.25, -0.2) is 13.8 Å². The van der Waals surface area contributed by atoms with Crippen LogP contribution in [-0.2, 0) is 17.6 Å². The third-order valence-corrected chi connectivity index (χ3v) is 2.52. The van der Waals surface area contributed by atoms with Crippen LogP contribution in [0.25, 0.3) is 0 Å². The molecule has 0 saturated heterocycles. The average molecular weight is 232 g/mol. The Morgan fingerprint density at radius 2 is 2.40 bits per heavy atom. The van der Waals surface area contributed by atoms with Gasteiger partial charge >= 0.3 is 0 Å². The summed E-state index contributed by atoms with van der Waals surface area (Å²) >= 11 is 1.42. The van der Waals surface area contributed by atoms with Crippen LogP contribution in [0.5, 0.6) is 0 Å². The van der Waals surface area contributed by atoms with E-state index in [-0.39, 0.29) is 13.0 Å². The smallest absolute Gasteiger partial charge is 0.261 e. The lowest BCUT2D eigenvalue weighted by Gasteiger charge is -2.00. The van der Waals surface area contributed by atoms with Gasteiger partial charge in [0, 0.05) is 11.8 Å². The third-order valence-electron chi connectivity index (χ3n) is 1.56. The van der Waals surface area contributed by atoms with E-state index in [1.807, 2.05) is 6.07 Å². The molecule has 82 valence electrons. The van der Waals surface area contributed by atoms with E-state index >= 15 is 0 Å². The number of thiazole rings is 1. The van der Waals surface area contributed by atoms with Crippen molar-refractivity contribution in [1.82, 2.24) is 4.98 Å². The fourth-order valence-corrected chi connectivity index (χ4v) is 1.74. The molecule has 1 rings (SSSR count). The van der Waals surface area contributed by atoms with E-state index in [0.717, 1.165) is 10.7 Å². The zero-order valence-electron chi connectivity index (χ0n) is 7.95. The maximum absolute atomic E-state index is 11.7. The van der Waals surface area contributed by atoms with Crippen molar-refractivity contribution < 1.29 is 13.5 Å². The molecule has 6 heteroatoms. The van der Waals surface area contributed by atoms with Crippen molar-refractivity contribution >= 4 is 11.3 Å². The first kappa shape index (κ1) is 12.0. The highest BCUT2D eigenvalue weighted by Crippen LogP contribution is 2.10. The number of nitriles is 1. The molecule has 0 saturated carbocycles. The van der Waals surface area contributed by atoms with E-state index in [1.165, 1.54) is 11.3 Å². The number of ether oxygens (including phenoxy) is 1. The van der Waals surface area contributed by atoms with E-state index in [1.54, 1.807) is 5.38 Å². The van der Waals surface area contributed by atoms with Crippen LogP contribution in [-0.4, -0.2) is 24.6 Å². The van der Waals surface area contributed by atoms with Gasteiger partial charge < -0.3 is 4.74 Å². The number of rotatable bonds is 6. The van der Waals surface area contributed by atoms with Gasteiger partial charge in [-0.1, -0.05) is 0 Å². The lowest BCUT2D eigenvalue weighted by Crippen LogP contribution is -2.06. The van der Waals surface area contributed by atoms with Crippen LogP contribution in [0.2, 0.25) is 0 Å². The molecule has 0 fully saturated rings. The number of hydrogen-bond acceptors (Lipinski definition) is 4. The molecule has 0 N–H and O–H groups in total. The van der Waals surface area contributed by atoms with Gasteiger partial charge in [-0.3, -0.25) is 0 Å². The van der Waals surface area contributed by atoms with Crippen LogP contribution in [0.3, 0.4) is 0 Å². The number of alkyl halides is 2. The Balaban J connectivity index is 2.23. The molecule has 0 aromatic carbocycles.